The Balaban J connectivity index is 1.52. The SMILES string of the molecule is CC1=CC(=O)C(NC(=O)CN2CCN(c3ccccc3OC(C)C)CC2)C1=O. The Morgan fingerprint density at radius 3 is 2.46 bits per heavy atom. The zero-order valence-corrected chi connectivity index (χ0v) is 16.6. The van der Waals surface area contributed by atoms with Crippen molar-refractivity contribution in [2.75, 3.05) is 37.6 Å². The van der Waals surface area contributed by atoms with Gasteiger partial charge in [0, 0.05) is 26.2 Å². The first-order chi connectivity index (χ1) is 13.3. The molecule has 0 bridgehead atoms. The highest BCUT2D eigenvalue weighted by Gasteiger charge is 2.34. The van der Waals surface area contributed by atoms with Gasteiger partial charge in [-0.1, -0.05) is 12.1 Å². The maximum absolute atomic E-state index is 12.3. The van der Waals surface area contributed by atoms with Crippen LogP contribution >= 0.6 is 0 Å². The largest absolute Gasteiger partial charge is 0.489 e. The molecular formula is C21H27N3O4. The Morgan fingerprint density at radius 2 is 1.86 bits per heavy atom. The first-order valence-corrected chi connectivity index (χ1v) is 9.64. The maximum Gasteiger partial charge on any atom is 0.235 e. The average molecular weight is 385 g/mol. The van der Waals surface area contributed by atoms with Crippen LogP contribution in [-0.4, -0.2) is 67.2 Å². The van der Waals surface area contributed by atoms with Gasteiger partial charge in [0.15, 0.2) is 17.6 Å². The molecule has 1 N–H and O–H groups in total. The van der Waals surface area contributed by atoms with Crippen LogP contribution in [0.2, 0.25) is 0 Å². The van der Waals surface area contributed by atoms with Crippen LogP contribution in [0.3, 0.4) is 0 Å². The predicted molar refractivity (Wildman–Crippen MR) is 107 cm³/mol. The molecule has 1 heterocycles. The number of Topliss-reactive ketones (excluding diaryl/α,β-unsaturated/α-hetero) is 1. The minimum Gasteiger partial charge on any atom is -0.489 e. The number of hydrogen-bond donors (Lipinski definition) is 1. The van der Waals surface area contributed by atoms with Crippen molar-refractivity contribution in [2.45, 2.75) is 32.9 Å². The molecule has 7 heteroatoms. The van der Waals surface area contributed by atoms with E-state index in [4.69, 9.17) is 4.74 Å². The Kier molecular flexibility index (Phi) is 6.14. The van der Waals surface area contributed by atoms with Crippen LogP contribution in [0.5, 0.6) is 5.75 Å². The Morgan fingerprint density at radius 1 is 1.18 bits per heavy atom. The number of para-hydroxylation sites is 2. The fourth-order valence-electron chi connectivity index (χ4n) is 3.49. The number of ketones is 2. The average Bonchev–Trinajstić information content (AvgIpc) is 2.88. The van der Waals surface area contributed by atoms with Gasteiger partial charge in [0.2, 0.25) is 5.91 Å². The van der Waals surface area contributed by atoms with Gasteiger partial charge in [-0.2, -0.15) is 0 Å². The highest BCUT2D eigenvalue weighted by atomic mass is 16.5. The molecule has 28 heavy (non-hydrogen) atoms. The van der Waals surface area contributed by atoms with Crippen molar-refractivity contribution in [3.8, 4) is 5.75 Å². The topological polar surface area (TPSA) is 79.0 Å². The number of anilines is 1. The molecule has 2 aliphatic rings. The second-order valence-electron chi connectivity index (χ2n) is 7.49. The molecule has 0 radical (unpaired) electrons. The molecule has 1 aliphatic heterocycles. The highest BCUT2D eigenvalue weighted by molar-refractivity contribution is 6.25. The minimum absolute atomic E-state index is 0.102. The summed E-state index contributed by atoms with van der Waals surface area (Å²) in [5, 5.41) is 2.56. The van der Waals surface area contributed by atoms with E-state index in [1.807, 2.05) is 43.0 Å². The lowest BCUT2D eigenvalue weighted by Crippen LogP contribution is -2.52. The molecule has 0 spiro atoms. The third kappa shape index (κ3) is 4.59. The van der Waals surface area contributed by atoms with E-state index in [0.717, 1.165) is 24.5 Å². The quantitative estimate of drug-likeness (QED) is 0.741. The van der Waals surface area contributed by atoms with Gasteiger partial charge in [-0.15, -0.1) is 0 Å². The molecule has 0 aromatic heterocycles. The van der Waals surface area contributed by atoms with Crippen molar-refractivity contribution in [1.82, 2.24) is 10.2 Å². The molecule has 1 saturated heterocycles. The van der Waals surface area contributed by atoms with Gasteiger partial charge in [0.05, 0.1) is 18.3 Å². The van der Waals surface area contributed by atoms with Crippen molar-refractivity contribution < 1.29 is 19.1 Å². The van der Waals surface area contributed by atoms with E-state index in [9.17, 15) is 14.4 Å². The number of nitrogens with zero attached hydrogens (tertiary/aromatic N) is 2. The van der Waals surface area contributed by atoms with Crippen molar-refractivity contribution in [3.05, 3.63) is 35.9 Å². The van der Waals surface area contributed by atoms with Crippen LogP contribution in [-0.2, 0) is 14.4 Å². The first kappa shape index (κ1) is 20.1. The number of amides is 1. The van der Waals surface area contributed by atoms with Gasteiger partial charge in [-0.3, -0.25) is 19.3 Å². The maximum atomic E-state index is 12.3. The summed E-state index contributed by atoms with van der Waals surface area (Å²) in [6.45, 7) is 8.75. The van der Waals surface area contributed by atoms with Crippen LogP contribution in [0, 0.1) is 0 Å². The van der Waals surface area contributed by atoms with Gasteiger partial charge in [0.25, 0.3) is 0 Å². The molecule has 3 rings (SSSR count). The number of benzene rings is 1. The summed E-state index contributed by atoms with van der Waals surface area (Å²) < 4.78 is 5.90. The lowest BCUT2D eigenvalue weighted by molar-refractivity contribution is -0.131. The number of carbonyl (C=O) groups is 3. The van der Waals surface area contributed by atoms with Crippen molar-refractivity contribution in [2.24, 2.45) is 0 Å². The second kappa shape index (κ2) is 8.56. The smallest absolute Gasteiger partial charge is 0.235 e. The number of hydrogen-bond acceptors (Lipinski definition) is 6. The second-order valence-corrected chi connectivity index (χ2v) is 7.49. The Bertz CT molecular complexity index is 795. The van der Waals surface area contributed by atoms with Crippen LogP contribution in [0.15, 0.2) is 35.9 Å². The van der Waals surface area contributed by atoms with E-state index in [1.54, 1.807) is 6.92 Å². The first-order valence-electron chi connectivity index (χ1n) is 9.64. The molecular weight excluding hydrogens is 358 g/mol. The molecule has 1 atom stereocenters. The zero-order valence-electron chi connectivity index (χ0n) is 16.6. The molecule has 1 aromatic rings. The van der Waals surface area contributed by atoms with Crippen molar-refractivity contribution >= 4 is 23.2 Å². The van der Waals surface area contributed by atoms with Gasteiger partial charge in [-0.05, 0) is 44.6 Å². The molecule has 1 aromatic carbocycles. The number of ether oxygens (including phenoxy) is 1. The summed E-state index contributed by atoms with van der Waals surface area (Å²) >= 11 is 0. The lowest BCUT2D eigenvalue weighted by Gasteiger charge is -2.36. The normalized spacial score (nSPS) is 20.5. The highest BCUT2D eigenvalue weighted by Crippen LogP contribution is 2.29. The zero-order chi connectivity index (χ0) is 20.3. The van der Waals surface area contributed by atoms with E-state index in [2.05, 4.69) is 10.2 Å². The molecule has 150 valence electrons. The number of rotatable bonds is 6. The van der Waals surface area contributed by atoms with Crippen LogP contribution in [0.4, 0.5) is 5.69 Å². The minimum atomic E-state index is -1.05. The van der Waals surface area contributed by atoms with Gasteiger partial charge in [0.1, 0.15) is 5.75 Å². The standard InChI is InChI=1S/C21H27N3O4/c1-14(2)28-18-7-5-4-6-16(18)24-10-8-23(9-11-24)13-19(26)22-20-17(25)12-15(3)21(20)27/h4-7,12,14,20H,8-11,13H2,1-3H3,(H,22,26). The van der Waals surface area contributed by atoms with E-state index < -0.39 is 6.04 Å². The van der Waals surface area contributed by atoms with Crippen LogP contribution in [0.1, 0.15) is 20.8 Å². The lowest BCUT2D eigenvalue weighted by atomic mass is 10.1. The monoisotopic (exact) mass is 385 g/mol. The van der Waals surface area contributed by atoms with Gasteiger partial charge < -0.3 is 15.0 Å². The van der Waals surface area contributed by atoms with E-state index >= 15 is 0 Å². The van der Waals surface area contributed by atoms with E-state index in [0.29, 0.717) is 18.7 Å². The fraction of sp³-hybridized carbons (Fsp3) is 0.476. The molecule has 7 nitrogen and oxygen atoms in total. The summed E-state index contributed by atoms with van der Waals surface area (Å²) in [7, 11) is 0. The number of carbonyl (C=O) groups excluding carboxylic acids is 3. The predicted octanol–water partition coefficient (Wildman–Crippen LogP) is 1.18. The molecule has 1 aliphatic carbocycles. The summed E-state index contributed by atoms with van der Waals surface area (Å²) in [4.78, 5) is 40.3. The van der Waals surface area contributed by atoms with Crippen molar-refractivity contribution in [1.29, 1.82) is 0 Å². The molecule has 1 amide bonds. The number of nitrogens with one attached hydrogen (secondary N) is 1. The third-order valence-electron chi connectivity index (χ3n) is 4.91. The van der Waals surface area contributed by atoms with Crippen molar-refractivity contribution in [3.63, 3.8) is 0 Å². The summed E-state index contributed by atoms with van der Waals surface area (Å²) in [6.07, 6.45) is 1.40. The molecule has 0 saturated carbocycles. The van der Waals surface area contributed by atoms with E-state index in [1.165, 1.54) is 6.08 Å². The molecule has 1 fully saturated rings. The van der Waals surface area contributed by atoms with Gasteiger partial charge >= 0.3 is 0 Å². The van der Waals surface area contributed by atoms with Crippen LogP contribution in [0.25, 0.3) is 0 Å². The summed E-state index contributed by atoms with van der Waals surface area (Å²) in [5.74, 6) is -0.0935. The molecule has 1 unspecified atom stereocenters. The summed E-state index contributed by atoms with van der Waals surface area (Å²) in [5.41, 5.74) is 1.45. The Labute approximate surface area is 165 Å². The van der Waals surface area contributed by atoms with Crippen LogP contribution < -0.4 is 15.0 Å². The third-order valence-corrected chi connectivity index (χ3v) is 4.91. The number of piperazine rings is 1. The Hall–Kier alpha value is -2.67. The summed E-state index contributed by atoms with van der Waals surface area (Å²) in [6, 6.07) is 6.93. The fourth-order valence-corrected chi connectivity index (χ4v) is 3.49. The van der Waals surface area contributed by atoms with Gasteiger partial charge in [-0.25, -0.2) is 0 Å². The van der Waals surface area contributed by atoms with E-state index in [-0.39, 0.29) is 30.1 Å².